The van der Waals surface area contributed by atoms with Crippen molar-refractivity contribution in [3.8, 4) is 11.1 Å². The van der Waals surface area contributed by atoms with E-state index < -0.39 is 17.5 Å². The Morgan fingerprint density at radius 2 is 1.55 bits per heavy atom. The number of alkyl halides is 3. The van der Waals surface area contributed by atoms with Gasteiger partial charge < -0.3 is 10.2 Å². The van der Waals surface area contributed by atoms with Gasteiger partial charge in [0.15, 0.2) is 5.79 Å². The molecule has 20 heavy (non-hydrogen) atoms. The van der Waals surface area contributed by atoms with Gasteiger partial charge in [-0.3, -0.25) is 0 Å². The Labute approximate surface area is 114 Å². The van der Waals surface area contributed by atoms with E-state index in [-0.39, 0.29) is 11.1 Å². The van der Waals surface area contributed by atoms with Crippen molar-refractivity contribution in [1.82, 2.24) is 0 Å². The molecule has 0 spiro atoms. The summed E-state index contributed by atoms with van der Waals surface area (Å²) in [5, 5.41) is 19.4. The average molecular weight is 282 g/mol. The van der Waals surface area contributed by atoms with E-state index in [1.807, 2.05) is 0 Å². The minimum Gasteiger partial charge on any atom is -0.362 e. The summed E-state index contributed by atoms with van der Waals surface area (Å²) in [6.45, 7) is 1.17. The standard InChI is InChI=1S/C15H13F3O2/c1-14(19,20)13-8-3-2-7-12(13)10-5-4-6-11(9-10)15(16,17)18/h2-9,19-20H,1H3. The predicted octanol–water partition coefficient (Wildman–Crippen LogP) is 3.53. The summed E-state index contributed by atoms with van der Waals surface area (Å²) in [7, 11) is 0. The van der Waals surface area contributed by atoms with Crippen LogP contribution in [0, 0.1) is 0 Å². The van der Waals surface area contributed by atoms with Gasteiger partial charge in [-0.15, -0.1) is 0 Å². The maximum atomic E-state index is 12.7. The van der Waals surface area contributed by atoms with Gasteiger partial charge in [0.25, 0.3) is 0 Å². The van der Waals surface area contributed by atoms with Crippen molar-refractivity contribution in [3.05, 3.63) is 59.7 Å². The molecule has 5 heteroatoms. The molecule has 0 saturated heterocycles. The molecule has 0 radical (unpaired) electrons. The van der Waals surface area contributed by atoms with E-state index in [2.05, 4.69) is 0 Å². The third kappa shape index (κ3) is 3.00. The number of aliphatic hydroxyl groups is 2. The van der Waals surface area contributed by atoms with Crippen molar-refractivity contribution in [2.45, 2.75) is 18.9 Å². The van der Waals surface area contributed by atoms with Gasteiger partial charge in [0, 0.05) is 5.56 Å². The summed E-state index contributed by atoms with van der Waals surface area (Å²) >= 11 is 0. The van der Waals surface area contributed by atoms with Crippen LogP contribution in [0.15, 0.2) is 48.5 Å². The van der Waals surface area contributed by atoms with Crippen LogP contribution in [0.4, 0.5) is 13.2 Å². The lowest BCUT2D eigenvalue weighted by atomic mass is 9.94. The molecule has 2 nitrogen and oxygen atoms in total. The maximum Gasteiger partial charge on any atom is 0.416 e. The Hall–Kier alpha value is -1.85. The van der Waals surface area contributed by atoms with Crippen molar-refractivity contribution in [3.63, 3.8) is 0 Å². The van der Waals surface area contributed by atoms with Gasteiger partial charge in [-0.05, 0) is 30.2 Å². The van der Waals surface area contributed by atoms with Gasteiger partial charge in [-0.25, -0.2) is 0 Å². The van der Waals surface area contributed by atoms with E-state index >= 15 is 0 Å². The van der Waals surface area contributed by atoms with E-state index in [1.54, 1.807) is 18.2 Å². The van der Waals surface area contributed by atoms with Crippen LogP contribution >= 0.6 is 0 Å². The van der Waals surface area contributed by atoms with Crippen LogP contribution in [-0.4, -0.2) is 10.2 Å². The highest BCUT2D eigenvalue weighted by molar-refractivity contribution is 5.69. The molecular weight excluding hydrogens is 269 g/mol. The summed E-state index contributed by atoms with van der Waals surface area (Å²) in [6, 6.07) is 11.0. The smallest absolute Gasteiger partial charge is 0.362 e. The quantitative estimate of drug-likeness (QED) is 0.827. The van der Waals surface area contributed by atoms with E-state index in [9.17, 15) is 23.4 Å². The molecule has 2 aromatic carbocycles. The fourth-order valence-corrected chi connectivity index (χ4v) is 2.01. The zero-order chi connectivity index (χ0) is 15.0. The minimum atomic E-state index is -4.44. The monoisotopic (exact) mass is 282 g/mol. The van der Waals surface area contributed by atoms with Crippen LogP contribution in [0.1, 0.15) is 18.1 Å². The first kappa shape index (κ1) is 14.6. The van der Waals surface area contributed by atoms with Gasteiger partial charge in [0.1, 0.15) is 0 Å². The molecule has 0 bridgehead atoms. The van der Waals surface area contributed by atoms with Crippen molar-refractivity contribution >= 4 is 0 Å². The minimum absolute atomic E-state index is 0.152. The van der Waals surface area contributed by atoms with Crippen LogP contribution in [-0.2, 0) is 12.0 Å². The maximum absolute atomic E-state index is 12.7. The number of rotatable bonds is 2. The van der Waals surface area contributed by atoms with Crippen molar-refractivity contribution < 1.29 is 23.4 Å². The fourth-order valence-electron chi connectivity index (χ4n) is 2.01. The Balaban J connectivity index is 2.59. The number of halogens is 3. The molecule has 0 aliphatic rings. The lowest BCUT2D eigenvalue weighted by Crippen LogP contribution is -2.20. The van der Waals surface area contributed by atoms with Gasteiger partial charge >= 0.3 is 6.18 Å². The van der Waals surface area contributed by atoms with Crippen LogP contribution < -0.4 is 0 Å². The molecular formula is C15H13F3O2. The summed E-state index contributed by atoms with van der Waals surface area (Å²) in [6.07, 6.45) is -4.44. The second-order valence-electron chi connectivity index (χ2n) is 4.64. The molecule has 0 atom stereocenters. The van der Waals surface area contributed by atoms with Crippen LogP contribution in [0.2, 0.25) is 0 Å². The molecule has 2 N–H and O–H groups in total. The predicted molar refractivity (Wildman–Crippen MR) is 68.7 cm³/mol. The van der Waals surface area contributed by atoms with Crippen LogP contribution in [0.5, 0.6) is 0 Å². The highest BCUT2D eigenvalue weighted by Gasteiger charge is 2.31. The van der Waals surface area contributed by atoms with Crippen LogP contribution in [0.25, 0.3) is 11.1 Å². The number of benzene rings is 2. The molecule has 106 valence electrons. The zero-order valence-corrected chi connectivity index (χ0v) is 10.6. The summed E-state index contributed by atoms with van der Waals surface area (Å²) in [5.74, 6) is -2.12. The Morgan fingerprint density at radius 3 is 2.15 bits per heavy atom. The van der Waals surface area contributed by atoms with Crippen LogP contribution in [0.3, 0.4) is 0 Å². The lowest BCUT2D eigenvalue weighted by Gasteiger charge is -2.20. The van der Waals surface area contributed by atoms with E-state index in [0.717, 1.165) is 12.1 Å². The highest BCUT2D eigenvalue weighted by Crippen LogP contribution is 2.35. The Morgan fingerprint density at radius 1 is 0.900 bits per heavy atom. The molecule has 0 saturated carbocycles. The Kier molecular flexibility index (Phi) is 3.58. The molecule has 2 rings (SSSR count). The molecule has 0 amide bonds. The van der Waals surface area contributed by atoms with E-state index in [4.69, 9.17) is 0 Å². The van der Waals surface area contributed by atoms with Crippen molar-refractivity contribution in [2.75, 3.05) is 0 Å². The lowest BCUT2D eigenvalue weighted by molar-refractivity contribution is -0.152. The second kappa shape index (κ2) is 4.92. The molecule has 0 aliphatic heterocycles. The van der Waals surface area contributed by atoms with E-state index in [0.29, 0.717) is 5.56 Å². The molecule has 0 unspecified atom stereocenters. The van der Waals surface area contributed by atoms with Crippen molar-refractivity contribution in [2.24, 2.45) is 0 Å². The second-order valence-corrected chi connectivity index (χ2v) is 4.64. The van der Waals surface area contributed by atoms with Gasteiger partial charge in [-0.2, -0.15) is 13.2 Å². The van der Waals surface area contributed by atoms with Crippen molar-refractivity contribution in [1.29, 1.82) is 0 Å². The average Bonchev–Trinajstić information content (AvgIpc) is 2.37. The summed E-state index contributed by atoms with van der Waals surface area (Å²) in [4.78, 5) is 0. The highest BCUT2D eigenvalue weighted by atomic mass is 19.4. The van der Waals surface area contributed by atoms with Gasteiger partial charge in [0.05, 0.1) is 5.56 Å². The Bertz CT molecular complexity index is 613. The molecule has 2 aromatic rings. The van der Waals surface area contributed by atoms with Gasteiger partial charge in [-0.1, -0.05) is 36.4 Å². The SMILES string of the molecule is CC(O)(O)c1ccccc1-c1cccc(C(F)(F)F)c1. The largest absolute Gasteiger partial charge is 0.416 e. The van der Waals surface area contributed by atoms with E-state index in [1.165, 1.54) is 25.1 Å². The topological polar surface area (TPSA) is 40.5 Å². The number of hydrogen-bond donors (Lipinski definition) is 2. The normalized spacial score (nSPS) is 12.5. The molecule has 0 aromatic heterocycles. The third-order valence-corrected chi connectivity index (χ3v) is 2.94. The first-order valence-electron chi connectivity index (χ1n) is 5.91. The summed E-state index contributed by atoms with van der Waals surface area (Å²) < 4.78 is 38.2. The molecule has 0 aliphatic carbocycles. The zero-order valence-electron chi connectivity index (χ0n) is 10.6. The molecule has 0 heterocycles. The summed E-state index contributed by atoms with van der Waals surface area (Å²) in [5.41, 5.74) is 0.0116. The third-order valence-electron chi connectivity index (χ3n) is 2.94. The first-order valence-corrected chi connectivity index (χ1v) is 5.91. The fraction of sp³-hybridized carbons (Fsp3) is 0.200. The first-order chi connectivity index (χ1) is 9.19. The number of hydrogen-bond acceptors (Lipinski definition) is 2. The van der Waals surface area contributed by atoms with Gasteiger partial charge in [0.2, 0.25) is 0 Å². The molecule has 0 fully saturated rings.